The van der Waals surface area contributed by atoms with Crippen molar-refractivity contribution in [2.24, 2.45) is 5.92 Å². The number of hydrogen-bond donors (Lipinski definition) is 0. The number of unbranched alkanes of at least 4 members (excludes halogenated alkanes) is 1. The van der Waals surface area contributed by atoms with Gasteiger partial charge in [-0.1, -0.05) is 42.0 Å². The van der Waals surface area contributed by atoms with Crippen LogP contribution < -0.4 is 0 Å². The molecular weight excluding hydrogens is 291 g/mol. The van der Waals surface area contributed by atoms with Crippen LogP contribution in [-0.4, -0.2) is 17.0 Å². The molecule has 0 saturated heterocycles. The van der Waals surface area contributed by atoms with Gasteiger partial charge in [-0.05, 0) is 30.1 Å². The van der Waals surface area contributed by atoms with Gasteiger partial charge >= 0.3 is 5.97 Å². The minimum Gasteiger partial charge on any atom is -0.463 e. The maximum Gasteiger partial charge on any atom is 0.330 e. The summed E-state index contributed by atoms with van der Waals surface area (Å²) in [5, 5.41) is 0. The van der Waals surface area contributed by atoms with Gasteiger partial charge in [-0.15, -0.1) is 0 Å². The zero-order valence-corrected chi connectivity index (χ0v) is 11.1. The first kappa shape index (κ1) is 13.9. The van der Waals surface area contributed by atoms with E-state index in [-0.39, 0.29) is 5.97 Å². The van der Waals surface area contributed by atoms with Crippen molar-refractivity contribution in [2.75, 3.05) is 11.0 Å². The number of ether oxygens (including phenoxy) is 1. The zero-order valence-electron chi connectivity index (χ0n) is 8.96. The number of alkyl halides is 1. The molecule has 0 rings (SSSR count). The molecule has 14 heavy (non-hydrogen) atoms. The van der Waals surface area contributed by atoms with Crippen LogP contribution in [0.15, 0.2) is 12.2 Å². The molecule has 0 bridgehead atoms. The van der Waals surface area contributed by atoms with E-state index < -0.39 is 0 Å². The van der Waals surface area contributed by atoms with Gasteiger partial charge in [0.15, 0.2) is 0 Å². The van der Waals surface area contributed by atoms with E-state index in [1.165, 1.54) is 23.3 Å². The molecule has 0 aliphatic heterocycles. The van der Waals surface area contributed by atoms with Crippen LogP contribution in [0.5, 0.6) is 0 Å². The van der Waals surface area contributed by atoms with Gasteiger partial charge in [-0.3, -0.25) is 0 Å². The van der Waals surface area contributed by atoms with Crippen molar-refractivity contribution in [2.45, 2.75) is 33.1 Å². The van der Waals surface area contributed by atoms with Crippen molar-refractivity contribution in [3.63, 3.8) is 0 Å². The Bertz CT molecular complexity index is 178. The Hall–Kier alpha value is -0.0600. The molecule has 0 aliphatic rings. The fourth-order valence-corrected chi connectivity index (χ4v) is 1.63. The molecule has 0 aromatic heterocycles. The summed E-state index contributed by atoms with van der Waals surface area (Å²) in [4.78, 5) is 11.0. The molecule has 0 fully saturated rings. The summed E-state index contributed by atoms with van der Waals surface area (Å²) in [5.41, 5.74) is 0. The Morgan fingerprint density at radius 3 is 2.79 bits per heavy atom. The minimum atomic E-state index is -0.228. The molecular formula is C11H19IO2. The first-order chi connectivity index (χ1) is 6.70. The number of hydrogen-bond acceptors (Lipinski definition) is 2. The quantitative estimate of drug-likeness (QED) is 0.237. The topological polar surface area (TPSA) is 26.3 Å². The normalized spacial score (nSPS) is 13.1. The number of halogens is 1. The highest BCUT2D eigenvalue weighted by Crippen LogP contribution is 2.10. The summed E-state index contributed by atoms with van der Waals surface area (Å²) < 4.78 is 6.01. The average molecular weight is 310 g/mol. The van der Waals surface area contributed by atoms with Gasteiger partial charge in [-0.25, -0.2) is 4.79 Å². The van der Waals surface area contributed by atoms with Gasteiger partial charge < -0.3 is 4.74 Å². The van der Waals surface area contributed by atoms with Gasteiger partial charge in [0.05, 0.1) is 6.61 Å². The molecule has 82 valence electrons. The molecule has 1 unspecified atom stereocenters. The largest absolute Gasteiger partial charge is 0.463 e. The molecule has 0 spiro atoms. The molecule has 0 radical (unpaired) electrons. The van der Waals surface area contributed by atoms with Crippen molar-refractivity contribution < 1.29 is 9.53 Å². The fourth-order valence-electron chi connectivity index (χ4n) is 1.09. The van der Waals surface area contributed by atoms with Crippen LogP contribution in [0.3, 0.4) is 0 Å². The third-order valence-corrected chi connectivity index (χ3v) is 2.65. The second-order valence-corrected chi connectivity index (χ2v) is 4.35. The number of carbonyl (C=O) groups is 1. The second-order valence-electron chi connectivity index (χ2n) is 3.27. The van der Waals surface area contributed by atoms with Gasteiger partial charge in [0.25, 0.3) is 0 Å². The van der Waals surface area contributed by atoms with Crippen LogP contribution in [0.4, 0.5) is 0 Å². The Kier molecular flexibility index (Phi) is 9.45. The van der Waals surface area contributed by atoms with E-state index in [4.69, 9.17) is 4.74 Å². The van der Waals surface area contributed by atoms with Gasteiger partial charge in [0.2, 0.25) is 0 Å². The lowest BCUT2D eigenvalue weighted by Crippen LogP contribution is -2.00. The predicted molar refractivity (Wildman–Crippen MR) is 67.7 cm³/mol. The van der Waals surface area contributed by atoms with Crippen LogP contribution in [0.1, 0.15) is 33.1 Å². The maximum absolute atomic E-state index is 11.0. The van der Waals surface area contributed by atoms with E-state index in [0.29, 0.717) is 12.5 Å². The number of carbonyl (C=O) groups excluding carboxylic acids is 1. The molecule has 3 heteroatoms. The summed E-state index contributed by atoms with van der Waals surface area (Å²) in [6.45, 7) is 4.39. The Morgan fingerprint density at radius 1 is 1.50 bits per heavy atom. The van der Waals surface area contributed by atoms with Crippen molar-refractivity contribution in [1.29, 1.82) is 0 Å². The first-order valence-corrected chi connectivity index (χ1v) is 6.64. The lowest BCUT2D eigenvalue weighted by Gasteiger charge is -2.04. The van der Waals surface area contributed by atoms with Crippen LogP contribution >= 0.6 is 22.6 Å². The molecule has 0 N–H and O–H groups in total. The lowest BCUT2D eigenvalue weighted by molar-refractivity contribution is -0.137. The smallest absolute Gasteiger partial charge is 0.330 e. The van der Waals surface area contributed by atoms with E-state index in [1.807, 2.05) is 13.0 Å². The zero-order chi connectivity index (χ0) is 10.8. The summed E-state index contributed by atoms with van der Waals surface area (Å²) in [7, 11) is 0. The lowest BCUT2D eigenvalue weighted by atomic mass is 10.0. The molecule has 1 atom stereocenters. The highest BCUT2D eigenvalue weighted by atomic mass is 127. The van der Waals surface area contributed by atoms with Crippen molar-refractivity contribution in [3.8, 4) is 0 Å². The van der Waals surface area contributed by atoms with Crippen LogP contribution in [0.2, 0.25) is 0 Å². The number of allylic oxidation sites excluding steroid dienone is 1. The van der Waals surface area contributed by atoms with Crippen LogP contribution in [-0.2, 0) is 9.53 Å². The minimum absolute atomic E-state index is 0.228. The van der Waals surface area contributed by atoms with Crippen molar-refractivity contribution >= 4 is 28.6 Å². The molecule has 0 saturated carbocycles. The molecule has 0 heterocycles. The summed E-state index contributed by atoms with van der Waals surface area (Å²) in [6.07, 6.45) is 7.12. The van der Waals surface area contributed by atoms with Crippen molar-refractivity contribution in [3.05, 3.63) is 12.2 Å². The summed E-state index contributed by atoms with van der Waals surface area (Å²) in [6, 6.07) is 0. The molecule has 0 aromatic carbocycles. The standard InChI is InChI=1S/C11H19IO2/c1-3-14-11(13)8-7-10(2)6-4-5-9-12/h7-8,10H,3-6,9H2,1-2H3/b8-7-. The van der Waals surface area contributed by atoms with E-state index in [2.05, 4.69) is 29.5 Å². The summed E-state index contributed by atoms with van der Waals surface area (Å²) >= 11 is 2.39. The summed E-state index contributed by atoms with van der Waals surface area (Å²) in [5.74, 6) is 0.246. The highest BCUT2D eigenvalue weighted by molar-refractivity contribution is 14.1. The SMILES string of the molecule is CCOC(=O)/C=C\C(C)CCCCI. The average Bonchev–Trinajstić information content (AvgIpc) is 2.16. The Morgan fingerprint density at radius 2 is 2.21 bits per heavy atom. The molecule has 0 aliphatic carbocycles. The predicted octanol–water partition coefficient (Wildman–Crippen LogP) is 3.35. The molecule has 2 nitrogen and oxygen atoms in total. The van der Waals surface area contributed by atoms with Crippen LogP contribution in [0, 0.1) is 5.92 Å². The first-order valence-electron chi connectivity index (χ1n) is 5.11. The van der Waals surface area contributed by atoms with Crippen molar-refractivity contribution in [1.82, 2.24) is 0 Å². The Labute approximate surface area is 100 Å². The Balaban J connectivity index is 3.58. The van der Waals surface area contributed by atoms with E-state index in [1.54, 1.807) is 0 Å². The van der Waals surface area contributed by atoms with E-state index >= 15 is 0 Å². The van der Waals surface area contributed by atoms with Gasteiger partial charge in [-0.2, -0.15) is 0 Å². The number of rotatable bonds is 7. The maximum atomic E-state index is 11.0. The van der Waals surface area contributed by atoms with Crippen LogP contribution in [0.25, 0.3) is 0 Å². The van der Waals surface area contributed by atoms with Gasteiger partial charge in [0, 0.05) is 6.08 Å². The third-order valence-electron chi connectivity index (χ3n) is 1.89. The number of esters is 1. The fraction of sp³-hybridized carbons (Fsp3) is 0.727. The molecule has 0 aromatic rings. The van der Waals surface area contributed by atoms with E-state index in [0.717, 1.165) is 6.42 Å². The molecule has 0 amide bonds. The second kappa shape index (κ2) is 9.49. The van der Waals surface area contributed by atoms with Gasteiger partial charge in [0.1, 0.15) is 0 Å². The third kappa shape index (κ3) is 8.53. The monoisotopic (exact) mass is 310 g/mol. The van der Waals surface area contributed by atoms with E-state index in [9.17, 15) is 4.79 Å². The highest BCUT2D eigenvalue weighted by Gasteiger charge is 1.99.